The third-order valence-corrected chi connectivity index (χ3v) is 4.48. The molecule has 1 aromatic rings. The van der Waals surface area contributed by atoms with E-state index in [1.54, 1.807) is 0 Å². The van der Waals surface area contributed by atoms with E-state index in [1.165, 1.54) is 5.56 Å². The summed E-state index contributed by atoms with van der Waals surface area (Å²) < 4.78 is 21.1. The SMILES string of the molecule is NC(=O)CCCCc1ccc(CNC(=O)CCOCCOCCOCCOCCO)cc1. The van der Waals surface area contributed by atoms with Crippen molar-refractivity contribution in [3.05, 3.63) is 35.4 Å². The van der Waals surface area contributed by atoms with Crippen molar-refractivity contribution in [3.8, 4) is 0 Å². The van der Waals surface area contributed by atoms with Crippen molar-refractivity contribution < 1.29 is 33.6 Å². The number of unbranched alkanes of at least 4 members (excludes halogenated alkanes) is 1. The molecule has 9 nitrogen and oxygen atoms in total. The zero-order valence-corrected chi connectivity index (χ0v) is 18.9. The van der Waals surface area contributed by atoms with Crippen LogP contribution in [0.2, 0.25) is 0 Å². The summed E-state index contributed by atoms with van der Waals surface area (Å²) in [6, 6.07) is 8.10. The summed E-state index contributed by atoms with van der Waals surface area (Å²) in [4.78, 5) is 22.6. The van der Waals surface area contributed by atoms with E-state index in [0.29, 0.717) is 72.2 Å². The van der Waals surface area contributed by atoms with Crippen LogP contribution >= 0.6 is 0 Å². The predicted octanol–water partition coefficient (Wildman–Crippen LogP) is 0.950. The molecule has 0 aliphatic carbocycles. The Balaban J connectivity index is 1.94. The first-order valence-corrected chi connectivity index (χ1v) is 11.2. The van der Waals surface area contributed by atoms with E-state index >= 15 is 0 Å². The molecule has 0 fully saturated rings. The van der Waals surface area contributed by atoms with Crippen molar-refractivity contribution in [2.45, 2.75) is 38.6 Å². The summed E-state index contributed by atoms with van der Waals surface area (Å²) in [6.45, 7) is 3.90. The minimum atomic E-state index is -0.256. The zero-order chi connectivity index (χ0) is 23.3. The summed E-state index contributed by atoms with van der Waals surface area (Å²) in [5.74, 6) is -0.313. The maximum Gasteiger partial charge on any atom is 0.222 e. The average Bonchev–Trinajstić information content (AvgIpc) is 2.79. The fraction of sp³-hybridized carbons (Fsp3) is 0.652. The van der Waals surface area contributed by atoms with Gasteiger partial charge in [-0.1, -0.05) is 24.3 Å². The summed E-state index contributed by atoms with van der Waals surface area (Å²) in [5, 5.41) is 11.4. The molecule has 2 amide bonds. The largest absolute Gasteiger partial charge is 0.394 e. The molecule has 0 heterocycles. The molecule has 0 aliphatic rings. The van der Waals surface area contributed by atoms with Crippen LogP contribution in [0, 0.1) is 0 Å². The molecule has 0 saturated carbocycles. The first kappa shape index (κ1) is 28.0. The summed E-state index contributed by atoms with van der Waals surface area (Å²) in [7, 11) is 0. The lowest BCUT2D eigenvalue weighted by atomic mass is 10.0. The van der Waals surface area contributed by atoms with Gasteiger partial charge in [-0.2, -0.15) is 0 Å². The normalized spacial score (nSPS) is 10.9. The highest BCUT2D eigenvalue weighted by atomic mass is 16.6. The lowest BCUT2D eigenvalue weighted by Crippen LogP contribution is -2.24. The van der Waals surface area contributed by atoms with E-state index < -0.39 is 0 Å². The molecular weight excluding hydrogens is 416 g/mol. The van der Waals surface area contributed by atoms with Gasteiger partial charge in [-0.05, 0) is 30.4 Å². The van der Waals surface area contributed by atoms with E-state index in [9.17, 15) is 9.59 Å². The van der Waals surface area contributed by atoms with Gasteiger partial charge in [0, 0.05) is 19.4 Å². The number of nitrogens with two attached hydrogens (primary N) is 1. The van der Waals surface area contributed by atoms with Crippen LogP contribution in [0.4, 0.5) is 0 Å². The molecule has 0 atom stereocenters. The summed E-state index contributed by atoms with van der Waals surface area (Å²) in [5.41, 5.74) is 7.38. The highest BCUT2D eigenvalue weighted by molar-refractivity contribution is 5.75. The van der Waals surface area contributed by atoms with Gasteiger partial charge in [0.2, 0.25) is 11.8 Å². The van der Waals surface area contributed by atoms with Gasteiger partial charge in [0.1, 0.15) is 0 Å². The van der Waals surface area contributed by atoms with Gasteiger partial charge in [-0.3, -0.25) is 9.59 Å². The number of ether oxygens (including phenoxy) is 4. The summed E-state index contributed by atoms with van der Waals surface area (Å²) in [6.07, 6.45) is 3.38. The van der Waals surface area contributed by atoms with Crippen LogP contribution in [-0.4, -0.2) is 76.4 Å². The van der Waals surface area contributed by atoms with Gasteiger partial charge in [-0.25, -0.2) is 0 Å². The monoisotopic (exact) mass is 454 g/mol. The van der Waals surface area contributed by atoms with E-state index in [1.807, 2.05) is 24.3 Å². The number of nitrogens with one attached hydrogen (secondary N) is 1. The second-order valence-corrected chi connectivity index (χ2v) is 7.19. The molecule has 0 radical (unpaired) electrons. The average molecular weight is 455 g/mol. The molecule has 182 valence electrons. The van der Waals surface area contributed by atoms with Crippen molar-refractivity contribution >= 4 is 11.8 Å². The maximum absolute atomic E-state index is 11.9. The molecule has 0 saturated heterocycles. The van der Waals surface area contributed by atoms with Crippen molar-refractivity contribution in [2.75, 3.05) is 59.5 Å². The van der Waals surface area contributed by atoms with Crippen LogP contribution in [-0.2, 0) is 41.5 Å². The molecule has 0 aromatic heterocycles. The minimum Gasteiger partial charge on any atom is -0.394 e. The van der Waals surface area contributed by atoms with Gasteiger partial charge < -0.3 is 35.1 Å². The molecule has 32 heavy (non-hydrogen) atoms. The smallest absolute Gasteiger partial charge is 0.222 e. The standard InChI is InChI=1S/C23H38N2O7/c24-22(27)4-2-1-3-20-5-7-21(8-6-20)19-25-23(28)9-11-29-13-15-31-17-18-32-16-14-30-12-10-26/h5-8,26H,1-4,9-19H2,(H2,24,27)(H,25,28). The van der Waals surface area contributed by atoms with E-state index in [-0.39, 0.29) is 18.4 Å². The van der Waals surface area contributed by atoms with Gasteiger partial charge in [-0.15, -0.1) is 0 Å². The number of rotatable bonds is 21. The van der Waals surface area contributed by atoms with E-state index in [4.69, 9.17) is 29.8 Å². The molecule has 0 bridgehead atoms. The Morgan fingerprint density at radius 3 is 1.84 bits per heavy atom. The highest BCUT2D eigenvalue weighted by Crippen LogP contribution is 2.09. The fourth-order valence-corrected chi connectivity index (χ4v) is 2.73. The first-order valence-electron chi connectivity index (χ1n) is 11.2. The molecule has 0 spiro atoms. The molecule has 9 heteroatoms. The van der Waals surface area contributed by atoms with E-state index in [2.05, 4.69) is 5.32 Å². The van der Waals surface area contributed by atoms with Crippen molar-refractivity contribution in [3.63, 3.8) is 0 Å². The number of amides is 2. The lowest BCUT2D eigenvalue weighted by Gasteiger charge is -2.08. The number of carbonyl (C=O) groups is 2. The molecule has 1 rings (SSSR count). The number of carbonyl (C=O) groups excluding carboxylic acids is 2. The topological polar surface area (TPSA) is 129 Å². The maximum atomic E-state index is 11.9. The van der Waals surface area contributed by atoms with Gasteiger partial charge in [0.05, 0.1) is 59.5 Å². The van der Waals surface area contributed by atoms with Crippen LogP contribution in [0.5, 0.6) is 0 Å². The van der Waals surface area contributed by atoms with Gasteiger partial charge in [0.15, 0.2) is 0 Å². The number of aryl methyl sites for hydroxylation is 1. The minimum absolute atomic E-state index is 0.0151. The number of primary amides is 1. The lowest BCUT2D eigenvalue weighted by molar-refractivity contribution is -0.122. The van der Waals surface area contributed by atoms with Crippen LogP contribution in [0.1, 0.15) is 36.8 Å². The number of benzene rings is 1. The Hall–Kier alpha value is -2.04. The predicted molar refractivity (Wildman–Crippen MR) is 120 cm³/mol. The third-order valence-electron chi connectivity index (χ3n) is 4.48. The Bertz CT molecular complexity index is 611. The second-order valence-electron chi connectivity index (χ2n) is 7.19. The van der Waals surface area contributed by atoms with Crippen LogP contribution in [0.25, 0.3) is 0 Å². The van der Waals surface area contributed by atoms with Crippen LogP contribution in [0.15, 0.2) is 24.3 Å². The Morgan fingerprint density at radius 1 is 0.750 bits per heavy atom. The van der Waals surface area contributed by atoms with Crippen molar-refractivity contribution in [1.29, 1.82) is 0 Å². The highest BCUT2D eigenvalue weighted by Gasteiger charge is 2.03. The number of aliphatic hydroxyl groups excluding tert-OH is 1. The quantitative estimate of drug-likeness (QED) is 0.236. The molecule has 1 aromatic carbocycles. The molecule has 0 unspecified atom stereocenters. The Labute approximate surface area is 190 Å². The molecule has 4 N–H and O–H groups in total. The van der Waals surface area contributed by atoms with Crippen LogP contribution in [0.3, 0.4) is 0 Å². The molecular formula is C23H38N2O7. The number of hydrogen-bond acceptors (Lipinski definition) is 7. The third kappa shape index (κ3) is 16.6. The van der Waals surface area contributed by atoms with Crippen LogP contribution < -0.4 is 11.1 Å². The fourth-order valence-electron chi connectivity index (χ4n) is 2.73. The Morgan fingerprint density at radius 2 is 1.28 bits per heavy atom. The first-order chi connectivity index (χ1) is 15.6. The zero-order valence-electron chi connectivity index (χ0n) is 18.9. The van der Waals surface area contributed by atoms with Crippen molar-refractivity contribution in [1.82, 2.24) is 5.32 Å². The van der Waals surface area contributed by atoms with Crippen molar-refractivity contribution in [2.24, 2.45) is 5.73 Å². The summed E-state index contributed by atoms with van der Waals surface area (Å²) >= 11 is 0. The number of hydrogen-bond donors (Lipinski definition) is 3. The molecule has 0 aliphatic heterocycles. The number of aliphatic hydroxyl groups is 1. The van der Waals surface area contributed by atoms with Gasteiger partial charge in [0.25, 0.3) is 0 Å². The van der Waals surface area contributed by atoms with Gasteiger partial charge >= 0.3 is 0 Å². The Kier molecular flexibility index (Phi) is 17.2. The van der Waals surface area contributed by atoms with E-state index in [0.717, 1.165) is 24.8 Å². The second kappa shape index (κ2) is 19.6.